The second kappa shape index (κ2) is 2.78. The van der Waals surface area contributed by atoms with E-state index in [-0.39, 0.29) is 5.82 Å². The first-order chi connectivity index (χ1) is 5.68. The van der Waals surface area contributed by atoms with Crippen LogP contribution >= 0.6 is 24.0 Å². The Morgan fingerprint density at radius 2 is 2.42 bits per heavy atom. The maximum atomic E-state index is 13.0. The van der Waals surface area contributed by atoms with Crippen molar-refractivity contribution in [3.05, 3.63) is 23.3 Å². The molecule has 0 spiro atoms. The van der Waals surface area contributed by atoms with Gasteiger partial charge in [0.2, 0.25) is 0 Å². The number of fused-ring (bicyclic) bond motifs is 1. The van der Waals surface area contributed by atoms with Crippen molar-refractivity contribution in [2.45, 2.75) is 18.2 Å². The van der Waals surface area contributed by atoms with Crippen LogP contribution in [0, 0.1) is 12.7 Å². The lowest BCUT2D eigenvalue weighted by atomic mass is 10.2. The van der Waals surface area contributed by atoms with E-state index in [9.17, 15) is 4.39 Å². The average molecular weight is 199 g/mol. The van der Waals surface area contributed by atoms with E-state index in [0.717, 1.165) is 14.8 Å². The van der Waals surface area contributed by atoms with Crippen molar-refractivity contribution in [2.75, 3.05) is 0 Å². The Morgan fingerprint density at radius 1 is 1.67 bits per heavy atom. The first kappa shape index (κ1) is 8.13. The summed E-state index contributed by atoms with van der Waals surface area (Å²) in [6.45, 7) is 1.76. The molecule has 0 atom stereocenters. The van der Waals surface area contributed by atoms with Gasteiger partial charge in [-0.05, 0) is 6.92 Å². The van der Waals surface area contributed by atoms with Crippen molar-refractivity contribution in [3.8, 4) is 0 Å². The van der Waals surface area contributed by atoms with E-state index in [1.165, 1.54) is 18.0 Å². The third-order valence-electron chi connectivity index (χ3n) is 1.82. The second-order valence-electron chi connectivity index (χ2n) is 2.66. The van der Waals surface area contributed by atoms with E-state index in [4.69, 9.17) is 12.2 Å². The summed E-state index contributed by atoms with van der Waals surface area (Å²) in [5.41, 5.74) is 1.59. The van der Waals surface area contributed by atoms with Crippen LogP contribution in [0.25, 0.3) is 0 Å². The predicted octanol–water partition coefficient (Wildman–Crippen LogP) is 2.50. The molecule has 1 aliphatic heterocycles. The van der Waals surface area contributed by atoms with Crippen LogP contribution < -0.4 is 0 Å². The average Bonchev–Trinajstić information content (AvgIpc) is 2.39. The Kier molecular flexibility index (Phi) is 1.88. The molecule has 0 radical (unpaired) electrons. The van der Waals surface area contributed by atoms with Crippen LogP contribution in [-0.4, -0.2) is 9.18 Å². The zero-order chi connectivity index (χ0) is 8.72. The molecular formula is C8H6FNS2. The highest BCUT2D eigenvalue weighted by molar-refractivity contribution is 8.23. The number of rotatable bonds is 0. The van der Waals surface area contributed by atoms with Crippen LogP contribution in [-0.2, 0) is 6.42 Å². The molecule has 12 heavy (non-hydrogen) atoms. The molecule has 1 aliphatic rings. The molecule has 0 saturated carbocycles. The Bertz CT molecular complexity index is 362. The van der Waals surface area contributed by atoms with Crippen LogP contribution in [0.4, 0.5) is 4.39 Å². The number of hydrogen-bond acceptors (Lipinski definition) is 3. The van der Waals surface area contributed by atoms with Crippen molar-refractivity contribution >= 4 is 28.2 Å². The minimum absolute atomic E-state index is 0.244. The van der Waals surface area contributed by atoms with Crippen LogP contribution in [0.3, 0.4) is 0 Å². The fourth-order valence-corrected chi connectivity index (χ4v) is 2.48. The van der Waals surface area contributed by atoms with Crippen LogP contribution in [0.2, 0.25) is 0 Å². The van der Waals surface area contributed by atoms with Gasteiger partial charge in [0.25, 0.3) is 0 Å². The summed E-state index contributed by atoms with van der Waals surface area (Å²) in [6, 6.07) is 0. The molecule has 0 unspecified atom stereocenters. The first-order valence-corrected chi connectivity index (χ1v) is 4.75. The predicted molar refractivity (Wildman–Crippen MR) is 51.1 cm³/mol. The minimum Gasteiger partial charge on any atom is -0.257 e. The summed E-state index contributed by atoms with van der Waals surface area (Å²) in [6.07, 6.45) is 1.97. The SMILES string of the molecule is Cc1c(F)cnc2c1SC(=S)C2. The summed E-state index contributed by atoms with van der Waals surface area (Å²) < 4.78 is 13.9. The molecule has 4 heteroatoms. The number of thioether (sulfide) groups is 1. The monoisotopic (exact) mass is 199 g/mol. The van der Waals surface area contributed by atoms with Crippen molar-refractivity contribution in [2.24, 2.45) is 0 Å². The lowest BCUT2D eigenvalue weighted by Crippen LogP contribution is -1.92. The van der Waals surface area contributed by atoms with E-state index in [2.05, 4.69) is 4.98 Å². The number of hydrogen-bond donors (Lipinski definition) is 0. The van der Waals surface area contributed by atoms with Gasteiger partial charge in [-0.1, -0.05) is 24.0 Å². The highest BCUT2D eigenvalue weighted by Crippen LogP contribution is 2.35. The van der Waals surface area contributed by atoms with Gasteiger partial charge in [-0.25, -0.2) is 4.39 Å². The fraction of sp³-hybridized carbons (Fsp3) is 0.250. The maximum Gasteiger partial charge on any atom is 0.145 e. The molecule has 0 aliphatic carbocycles. The minimum atomic E-state index is -0.244. The third kappa shape index (κ3) is 1.15. The van der Waals surface area contributed by atoms with Crippen molar-refractivity contribution in [1.29, 1.82) is 0 Å². The van der Waals surface area contributed by atoms with Gasteiger partial charge >= 0.3 is 0 Å². The number of halogens is 1. The lowest BCUT2D eigenvalue weighted by Gasteiger charge is -2.00. The van der Waals surface area contributed by atoms with Crippen LogP contribution in [0.5, 0.6) is 0 Å². The van der Waals surface area contributed by atoms with Crippen molar-refractivity contribution < 1.29 is 4.39 Å². The van der Waals surface area contributed by atoms with Crippen molar-refractivity contribution in [3.63, 3.8) is 0 Å². The van der Waals surface area contributed by atoms with Gasteiger partial charge < -0.3 is 0 Å². The standard InChI is InChI=1S/C8H6FNS2/c1-4-5(9)3-10-6-2-7(11)12-8(4)6/h3H,2H2,1H3. The molecule has 1 aromatic rings. The third-order valence-corrected chi connectivity index (χ3v) is 3.33. The van der Waals surface area contributed by atoms with E-state index >= 15 is 0 Å². The number of thiocarbonyl (C=S) groups is 1. The van der Waals surface area contributed by atoms with Crippen LogP contribution in [0.15, 0.2) is 11.1 Å². The fourth-order valence-electron chi connectivity index (χ4n) is 1.16. The number of aromatic nitrogens is 1. The van der Waals surface area contributed by atoms with E-state index in [1.54, 1.807) is 6.92 Å². The summed E-state index contributed by atoms with van der Waals surface area (Å²) in [5, 5.41) is 0. The molecule has 0 aromatic carbocycles. The zero-order valence-corrected chi connectivity index (χ0v) is 8.06. The van der Waals surface area contributed by atoms with E-state index < -0.39 is 0 Å². The van der Waals surface area contributed by atoms with Gasteiger partial charge in [0.1, 0.15) is 5.82 Å². The summed E-state index contributed by atoms with van der Waals surface area (Å²) in [7, 11) is 0. The smallest absolute Gasteiger partial charge is 0.145 e. The van der Waals surface area contributed by atoms with Gasteiger partial charge in [0.05, 0.1) is 16.1 Å². The van der Waals surface area contributed by atoms with Gasteiger partial charge in [-0.15, -0.1) is 0 Å². The number of nitrogens with zero attached hydrogens (tertiary/aromatic N) is 1. The molecule has 0 amide bonds. The highest BCUT2D eigenvalue weighted by atomic mass is 32.2. The molecule has 1 nitrogen and oxygen atoms in total. The second-order valence-corrected chi connectivity index (χ2v) is 4.51. The van der Waals surface area contributed by atoms with Gasteiger partial charge in [-0.2, -0.15) is 0 Å². The molecule has 0 fully saturated rings. The topological polar surface area (TPSA) is 12.9 Å². The summed E-state index contributed by atoms with van der Waals surface area (Å²) in [4.78, 5) is 4.90. The van der Waals surface area contributed by atoms with Crippen LogP contribution in [0.1, 0.15) is 11.3 Å². The quantitative estimate of drug-likeness (QED) is 0.596. The molecule has 2 rings (SSSR count). The molecule has 62 valence electrons. The van der Waals surface area contributed by atoms with Gasteiger partial charge in [0.15, 0.2) is 0 Å². The summed E-state index contributed by atoms with van der Waals surface area (Å²) in [5.74, 6) is -0.244. The van der Waals surface area contributed by atoms with Gasteiger partial charge in [-0.3, -0.25) is 4.98 Å². The lowest BCUT2D eigenvalue weighted by molar-refractivity contribution is 0.604. The molecular weight excluding hydrogens is 193 g/mol. The molecule has 1 aromatic heterocycles. The molecule has 0 saturated heterocycles. The Labute approximate surface area is 79.4 Å². The zero-order valence-electron chi connectivity index (χ0n) is 6.43. The van der Waals surface area contributed by atoms with E-state index in [0.29, 0.717) is 12.0 Å². The molecule has 0 N–H and O–H groups in total. The highest BCUT2D eigenvalue weighted by Gasteiger charge is 2.21. The van der Waals surface area contributed by atoms with Crippen molar-refractivity contribution in [1.82, 2.24) is 4.98 Å². The van der Waals surface area contributed by atoms with E-state index in [1.807, 2.05) is 0 Å². The maximum absolute atomic E-state index is 13.0. The normalized spacial score (nSPS) is 15.0. The Hall–Kier alpha value is -0.480. The molecule has 0 bridgehead atoms. The summed E-state index contributed by atoms with van der Waals surface area (Å²) >= 11 is 6.49. The number of pyridine rings is 1. The largest absolute Gasteiger partial charge is 0.257 e. The van der Waals surface area contributed by atoms with Gasteiger partial charge in [0, 0.05) is 16.9 Å². The Balaban J connectivity index is 2.61. The Morgan fingerprint density at radius 3 is 3.17 bits per heavy atom. The molecule has 2 heterocycles. The first-order valence-electron chi connectivity index (χ1n) is 3.53.